The summed E-state index contributed by atoms with van der Waals surface area (Å²) in [4.78, 5) is 55.2. The van der Waals surface area contributed by atoms with Crippen molar-refractivity contribution in [2.45, 2.75) is 111 Å². The van der Waals surface area contributed by atoms with Gasteiger partial charge in [-0.05, 0) is 85.0 Å². The molecule has 0 radical (unpaired) electrons. The van der Waals surface area contributed by atoms with Crippen LogP contribution in [0, 0.1) is 17.3 Å². The third-order valence-corrected chi connectivity index (χ3v) is 14.1. The second kappa shape index (κ2) is 20.4. The van der Waals surface area contributed by atoms with Crippen molar-refractivity contribution >= 4 is 28.7 Å². The van der Waals surface area contributed by atoms with Crippen molar-refractivity contribution in [3.63, 3.8) is 0 Å². The van der Waals surface area contributed by atoms with Gasteiger partial charge in [0.05, 0.1) is 48.4 Å². The van der Waals surface area contributed by atoms with Gasteiger partial charge in [-0.15, -0.1) is 0 Å². The smallest absolute Gasteiger partial charge is 0.324 e. The number of rotatable bonds is 12. The zero-order valence-electron chi connectivity index (χ0n) is 41.1. The van der Waals surface area contributed by atoms with Crippen LogP contribution in [-0.4, -0.2) is 93.3 Å². The van der Waals surface area contributed by atoms with Gasteiger partial charge in [-0.3, -0.25) is 29.3 Å². The van der Waals surface area contributed by atoms with Gasteiger partial charge in [0.25, 0.3) is 5.91 Å². The number of likely N-dealkylation sites (tertiary alicyclic amines) is 1. The summed E-state index contributed by atoms with van der Waals surface area (Å²) < 4.78 is 21.2. The van der Waals surface area contributed by atoms with Gasteiger partial charge in [0, 0.05) is 66.2 Å². The number of fused-ring (bicyclic) bond motifs is 6. The SMILES string of the molecule is CCn1c(-c2cccnc2C(C)C)c2c3cc(ccc31)-c1nc(co1)C[C@H](NC(=O)[C@@H](COC1CN(C(c3ccccc3)c3ccccc3)C1)C(C)C)C(=O)N1CCC[C@H](N1)C(=O)OCC(C)(C)C2. The number of hydrazine groups is 1. The number of hydrogen-bond acceptors (Lipinski definition) is 10. The first-order chi connectivity index (χ1) is 33.3. The van der Waals surface area contributed by atoms with E-state index in [0.29, 0.717) is 37.4 Å². The molecule has 9 rings (SSSR count). The van der Waals surface area contributed by atoms with E-state index < -0.39 is 29.4 Å². The van der Waals surface area contributed by atoms with Gasteiger partial charge in [-0.25, -0.2) is 10.4 Å². The number of benzene rings is 3. The highest BCUT2D eigenvalue weighted by Crippen LogP contribution is 2.42. The number of ether oxygens (including phenoxy) is 2. The van der Waals surface area contributed by atoms with Crippen molar-refractivity contribution in [2.24, 2.45) is 17.3 Å². The molecule has 362 valence electrons. The molecule has 0 spiro atoms. The number of cyclic esters (lactones) is 1. The average molecular weight is 934 g/mol. The maximum absolute atomic E-state index is 14.6. The third-order valence-electron chi connectivity index (χ3n) is 14.1. The minimum absolute atomic E-state index is 0.0459. The first kappa shape index (κ1) is 47.9. The Labute approximate surface area is 405 Å². The molecule has 6 bridgehead atoms. The van der Waals surface area contributed by atoms with Crippen LogP contribution in [0.3, 0.4) is 0 Å². The number of nitrogens with zero attached hydrogens (tertiary/aromatic N) is 5. The lowest BCUT2D eigenvalue weighted by molar-refractivity contribution is -0.155. The van der Waals surface area contributed by atoms with E-state index in [0.717, 1.165) is 58.6 Å². The number of aryl methyl sites for hydroxylation is 1. The fourth-order valence-corrected chi connectivity index (χ4v) is 10.4. The minimum Gasteiger partial charge on any atom is -0.464 e. The maximum Gasteiger partial charge on any atom is 0.324 e. The predicted molar refractivity (Wildman–Crippen MR) is 267 cm³/mol. The molecule has 2 N–H and O–H groups in total. The van der Waals surface area contributed by atoms with Crippen molar-refractivity contribution in [3.8, 4) is 22.7 Å². The van der Waals surface area contributed by atoms with E-state index in [-0.39, 0.29) is 55.4 Å². The number of nitrogens with one attached hydrogen (secondary N) is 2. The van der Waals surface area contributed by atoms with Crippen LogP contribution in [0.25, 0.3) is 33.6 Å². The summed E-state index contributed by atoms with van der Waals surface area (Å²) in [5.74, 6) is -1.06. The Morgan fingerprint density at radius 2 is 1.68 bits per heavy atom. The van der Waals surface area contributed by atoms with Crippen LogP contribution >= 0.6 is 0 Å². The molecule has 3 aliphatic heterocycles. The van der Waals surface area contributed by atoms with E-state index in [1.54, 1.807) is 6.26 Å². The molecule has 6 heterocycles. The number of oxazole rings is 1. The minimum atomic E-state index is -1.02. The highest BCUT2D eigenvalue weighted by atomic mass is 16.5. The van der Waals surface area contributed by atoms with Crippen LogP contribution in [0.2, 0.25) is 0 Å². The van der Waals surface area contributed by atoms with Crippen LogP contribution in [0.15, 0.2) is 108 Å². The van der Waals surface area contributed by atoms with E-state index in [1.165, 1.54) is 16.1 Å². The summed E-state index contributed by atoms with van der Waals surface area (Å²) in [5.41, 5.74) is 11.9. The Morgan fingerprint density at radius 1 is 0.957 bits per heavy atom. The molecule has 69 heavy (non-hydrogen) atoms. The molecular weight excluding hydrogens is 867 g/mol. The summed E-state index contributed by atoms with van der Waals surface area (Å²) in [6.07, 6.45) is 5.15. The molecule has 3 atom stereocenters. The van der Waals surface area contributed by atoms with Crippen molar-refractivity contribution < 1.29 is 28.3 Å². The molecule has 2 saturated heterocycles. The molecule has 13 nitrogen and oxygen atoms in total. The number of pyridine rings is 1. The molecule has 0 unspecified atom stereocenters. The van der Waals surface area contributed by atoms with Crippen LogP contribution in [0.5, 0.6) is 0 Å². The Morgan fingerprint density at radius 3 is 2.36 bits per heavy atom. The standard InChI is InChI=1S/C56H67N7O6/c1-8-62-48-24-23-39-27-43(48)44(51(62)42-21-15-25-57-49(42)36(4)5)29-56(6,7)34-69-55(66)46-22-16-26-63(60-46)54(65)47(28-40-32-68-53(39)58-40)59-52(64)45(35(2)3)33-67-41-30-61(31-41)50(37-17-11-9-12-18-37)38-19-13-10-14-20-38/h9-15,17-21,23-25,27,32,35-36,41,45-47,50,60H,8,16,22,26,28-31,33-34H2,1-7H3,(H,59,64)/t45-,46-,47-/m0/s1. The third kappa shape index (κ3) is 10.3. The zero-order chi connectivity index (χ0) is 48.4. The summed E-state index contributed by atoms with van der Waals surface area (Å²) in [6.45, 7) is 17.6. The Hall–Kier alpha value is -6.15. The molecule has 0 saturated carbocycles. The van der Waals surface area contributed by atoms with E-state index in [1.807, 2.05) is 44.3 Å². The van der Waals surface area contributed by atoms with Gasteiger partial charge in [-0.2, -0.15) is 0 Å². The molecule has 13 heteroatoms. The van der Waals surface area contributed by atoms with Gasteiger partial charge in [0.1, 0.15) is 18.3 Å². The molecular formula is C56H67N7O6. The molecule has 2 fully saturated rings. The van der Waals surface area contributed by atoms with Crippen molar-refractivity contribution in [2.75, 3.05) is 32.8 Å². The predicted octanol–water partition coefficient (Wildman–Crippen LogP) is 8.91. The first-order valence-corrected chi connectivity index (χ1v) is 24.8. The molecule has 3 aliphatic rings. The van der Waals surface area contributed by atoms with Crippen LogP contribution in [-0.2, 0) is 43.2 Å². The zero-order valence-corrected chi connectivity index (χ0v) is 41.1. The summed E-state index contributed by atoms with van der Waals surface area (Å²) in [7, 11) is 0. The highest BCUT2D eigenvalue weighted by molar-refractivity contribution is 5.95. The molecule has 3 aromatic carbocycles. The van der Waals surface area contributed by atoms with E-state index in [2.05, 4.69) is 122 Å². The Kier molecular flexibility index (Phi) is 14.2. The summed E-state index contributed by atoms with van der Waals surface area (Å²) >= 11 is 0. The number of carbonyl (C=O) groups is 3. The number of carbonyl (C=O) groups excluding carboxylic acids is 3. The summed E-state index contributed by atoms with van der Waals surface area (Å²) in [5, 5.41) is 5.64. The lowest BCUT2D eigenvalue weighted by Crippen LogP contribution is -2.61. The largest absolute Gasteiger partial charge is 0.464 e. The van der Waals surface area contributed by atoms with Crippen LogP contribution in [0.4, 0.5) is 0 Å². The van der Waals surface area contributed by atoms with Crippen LogP contribution < -0.4 is 10.7 Å². The fourth-order valence-electron chi connectivity index (χ4n) is 10.4. The van der Waals surface area contributed by atoms with E-state index in [9.17, 15) is 14.4 Å². The second-order valence-electron chi connectivity index (χ2n) is 20.5. The highest BCUT2D eigenvalue weighted by Gasteiger charge is 2.39. The van der Waals surface area contributed by atoms with Gasteiger partial charge in [-0.1, -0.05) is 102 Å². The fraction of sp³-hybridized carbons (Fsp3) is 0.446. The maximum atomic E-state index is 14.6. The first-order valence-electron chi connectivity index (χ1n) is 24.8. The topological polar surface area (TPSA) is 144 Å². The molecule has 2 amide bonds. The molecule has 3 aromatic heterocycles. The molecule has 6 aromatic rings. The lowest BCUT2D eigenvalue weighted by Gasteiger charge is -2.45. The Bertz CT molecular complexity index is 2720. The van der Waals surface area contributed by atoms with Gasteiger partial charge >= 0.3 is 5.97 Å². The number of aromatic nitrogens is 3. The average Bonchev–Trinajstić information content (AvgIpc) is 3.93. The number of hydrogen-bond donors (Lipinski definition) is 2. The Balaban J connectivity index is 0.992. The van der Waals surface area contributed by atoms with Crippen molar-refractivity contribution in [1.82, 2.24) is 35.2 Å². The van der Waals surface area contributed by atoms with E-state index >= 15 is 0 Å². The van der Waals surface area contributed by atoms with Crippen LogP contribution in [0.1, 0.15) is 101 Å². The van der Waals surface area contributed by atoms with Gasteiger partial charge in [0.2, 0.25) is 11.8 Å². The lowest BCUT2D eigenvalue weighted by atomic mass is 9.84. The number of amides is 2. The van der Waals surface area contributed by atoms with E-state index in [4.69, 9.17) is 23.9 Å². The molecule has 0 aliphatic carbocycles. The van der Waals surface area contributed by atoms with Crippen molar-refractivity contribution in [3.05, 3.63) is 132 Å². The van der Waals surface area contributed by atoms with Crippen molar-refractivity contribution in [1.29, 1.82) is 0 Å². The quantitative estimate of drug-likeness (QED) is 0.114. The number of esters is 1. The van der Waals surface area contributed by atoms with Gasteiger partial charge < -0.3 is 23.8 Å². The monoisotopic (exact) mass is 934 g/mol. The van der Waals surface area contributed by atoms with Gasteiger partial charge in [0.15, 0.2) is 0 Å². The second-order valence-corrected chi connectivity index (χ2v) is 20.5. The summed E-state index contributed by atoms with van der Waals surface area (Å²) in [6, 6.07) is 29.8. The normalized spacial score (nSPS) is 19.7.